The molecule has 5 heterocycles. The van der Waals surface area contributed by atoms with E-state index in [2.05, 4.69) is 196 Å². The first kappa shape index (κ1) is 34.9. The smallest absolute Gasteiger partial charge is 0.238 e. The predicted octanol–water partition coefficient (Wildman–Crippen LogP) is 14.4. The Hall–Kier alpha value is -8.81. The molecule has 14 rings (SSSR count). The van der Waals surface area contributed by atoms with Crippen LogP contribution in [0.2, 0.25) is 0 Å². The lowest BCUT2D eigenvalue weighted by Gasteiger charge is -2.12. The molecule has 14 aromatic rings. The number of rotatable bonds is 5. The van der Waals surface area contributed by atoms with E-state index in [0.29, 0.717) is 17.6 Å². The third kappa shape index (κ3) is 5.06. The maximum Gasteiger partial charge on any atom is 0.238 e. The third-order valence-corrected chi connectivity index (χ3v) is 12.9. The van der Waals surface area contributed by atoms with E-state index in [9.17, 15) is 0 Å². The summed E-state index contributed by atoms with van der Waals surface area (Å²) in [5, 5.41) is 9.30. The van der Waals surface area contributed by atoms with E-state index in [0.717, 1.165) is 82.8 Å². The molecule has 0 saturated heterocycles. The van der Waals surface area contributed by atoms with Gasteiger partial charge in [-0.25, -0.2) is 4.98 Å². The van der Waals surface area contributed by atoms with Crippen molar-refractivity contribution in [3.8, 4) is 40.1 Å². The Morgan fingerprint density at radius 3 is 1.34 bits per heavy atom. The van der Waals surface area contributed by atoms with Gasteiger partial charge in [0.05, 0.1) is 33.1 Å². The van der Waals surface area contributed by atoms with Crippen molar-refractivity contribution < 1.29 is 4.42 Å². The predicted molar refractivity (Wildman–Crippen MR) is 261 cm³/mol. The summed E-state index contributed by atoms with van der Waals surface area (Å²) in [6.45, 7) is 0. The fraction of sp³-hybridized carbons (Fsp3) is 0. The number of furan rings is 1. The number of hydrogen-bond donors (Lipinski definition) is 0. The van der Waals surface area contributed by atoms with Crippen LogP contribution >= 0.6 is 0 Å². The number of hydrogen-bond acceptors (Lipinski definition) is 4. The molecule has 9 aromatic carbocycles. The molecule has 0 aliphatic rings. The van der Waals surface area contributed by atoms with Crippen LogP contribution in [0.1, 0.15) is 0 Å². The molecule has 0 aliphatic heterocycles. The lowest BCUT2D eigenvalue weighted by atomic mass is 10.1. The summed E-state index contributed by atoms with van der Waals surface area (Å²) in [5.41, 5.74) is 12.2. The molecule has 0 radical (unpaired) electrons. The van der Waals surface area contributed by atoms with Crippen LogP contribution in [0.15, 0.2) is 211 Å². The van der Waals surface area contributed by atoms with Gasteiger partial charge in [0.15, 0.2) is 11.6 Å². The highest BCUT2D eigenvalue weighted by atomic mass is 16.3. The maximum atomic E-state index is 6.34. The first-order valence-electron chi connectivity index (χ1n) is 21.5. The topological polar surface area (TPSA) is 66.6 Å². The van der Waals surface area contributed by atoms with Crippen LogP contribution in [0.5, 0.6) is 0 Å². The van der Waals surface area contributed by atoms with Crippen molar-refractivity contribution in [1.29, 1.82) is 0 Å². The van der Waals surface area contributed by atoms with Gasteiger partial charge in [-0.1, -0.05) is 115 Å². The summed E-state index contributed by atoms with van der Waals surface area (Å²) in [6, 6.07) is 72.7. The highest BCUT2D eigenvalue weighted by Crippen LogP contribution is 2.40. The van der Waals surface area contributed by atoms with E-state index in [1.54, 1.807) is 0 Å². The number of aromatic nitrogens is 6. The van der Waals surface area contributed by atoms with Crippen molar-refractivity contribution in [2.75, 3.05) is 0 Å². The fourth-order valence-corrected chi connectivity index (χ4v) is 10.0. The maximum absolute atomic E-state index is 6.34. The van der Waals surface area contributed by atoms with Crippen molar-refractivity contribution in [3.05, 3.63) is 206 Å². The van der Waals surface area contributed by atoms with Crippen LogP contribution in [0, 0.1) is 0 Å². The lowest BCUT2D eigenvalue weighted by Crippen LogP contribution is -2.06. The van der Waals surface area contributed by atoms with E-state index in [4.69, 9.17) is 19.4 Å². The van der Waals surface area contributed by atoms with Crippen LogP contribution in [0.3, 0.4) is 0 Å². The third-order valence-electron chi connectivity index (χ3n) is 12.9. The Morgan fingerprint density at radius 1 is 0.281 bits per heavy atom. The van der Waals surface area contributed by atoms with Crippen LogP contribution in [-0.2, 0) is 0 Å². The quantitative estimate of drug-likeness (QED) is 0.173. The number of nitrogens with zero attached hydrogens (tertiary/aromatic N) is 6. The first-order chi connectivity index (χ1) is 31.7. The number of benzene rings is 9. The zero-order valence-electron chi connectivity index (χ0n) is 34.2. The zero-order chi connectivity index (χ0) is 41.9. The average molecular weight is 819 g/mol. The van der Waals surface area contributed by atoms with Crippen molar-refractivity contribution in [2.24, 2.45) is 0 Å². The molecule has 7 heteroatoms. The summed E-state index contributed by atoms with van der Waals surface area (Å²) >= 11 is 0. The molecule has 0 amide bonds. The normalized spacial score (nSPS) is 12.1. The summed E-state index contributed by atoms with van der Waals surface area (Å²) in [7, 11) is 0. The minimum atomic E-state index is 0.548. The van der Waals surface area contributed by atoms with E-state index >= 15 is 0 Å². The second-order valence-electron chi connectivity index (χ2n) is 16.4. The Kier molecular flexibility index (Phi) is 7.27. The highest BCUT2D eigenvalue weighted by molar-refractivity contribution is 6.19. The Balaban J connectivity index is 0.967. The molecule has 0 fully saturated rings. The summed E-state index contributed by atoms with van der Waals surface area (Å²) in [4.78, 5) is 15.7. The van der Waals surface area contributed by atoms with Crippen LogP contribution in [-0.4, -0.2) is 28.7 Å². The molecular weight excluding hydrogens is 785 g/mol. The molecule has 64 heavy (non-hydrogen) atoms. The van der Waals surface area contributed by atoms with Crippen molar-refractivity contribution >= 4 is 87.4 Å². The Bertz CT molecular complexity index is 4140. The van der Waals surface area contributed by atoms with E-state index in [1.165, 1.54) is 27.1 Å². The monoisotopic (exact) mass is 818 g/mol. The minimum Gasteiger partial charge on any atom is -0.456 e. The number of para-hydroxylation sites is 6. The molecule has 0 spiro atoms. The zero-order valence-corrected chi connectivity index (χ0v) is 34.2. The molecule has 0 unspecified atom stereocenters. The molecule has 7 nitrogen and oxygen atoms in total. The summed E-state index contributed by atoms with van der Waals surface area (Å²) in [6.07, 6.45) is 0. The van der Waals surface area contributed by atoms with Gasteiger partial charge in [-0.05, 0) is 91.0 Å². The fourth-order valence-electron chi connectivity index (χ4n) is 10.0. The molecule has 0 bridgehead atoms. The average Bonchev–Trinajstić information content (AvgIpc) is 4.09. The van der Waals surface area contributed by atoms with Gasteiger partial charge in [0, 0.05) is 65.6 Å². The lowest BCUT2D eigenvalue weighted by molar-refractivity contribution is 0.669. The largest absolute Gasteiger partial charge is 0.456 e. The molecule has 298 valence electrons. The Morgan fingerprint density at radius 2 is 0.734 bits per heavy atom. The van der Waals surface area contributed by atoms with Crippen molar-refractivity contribution in [1.82, 2.24) is 28.7 Å². The van der Waals surface area contributed by atoms with E-state index < -0.39 is 0 Å². The van der Waals surface area contributed by atoms with Crippen LogP contribution in [0.25, 0.3) is 127 Å². The first-order valence-corrected chi connectivity index (χ1v) is 21.5. The van der Waals surface area contributed by atoms with Crippen LogP contribution < -0.4 is 0 Å². The standard InChI is InChI=1S/C57H34N6O/c1-2-14-37(15-3-1)61-47-21-9-6-18-41(47)45-33-46-42-19-7-10-22-48(42)62(52(46)34-51(45)61)38-29-26-35(27-30-38)55-58-56(36-28-31-44-43-20-8-13-25-53(43)64-54(44)32-36)60-57(59-55)63-49-23-11-4-16-39(49)40-17-5-12-24-50(40)63/h1-34H. The molecule has 0 aliphatic carbocycles. The van der Waals surface area contributed by atoms with Crippen molar-refractivity contribution in [2.45, 2.75) is 0 Å². The van der Waals surface area contributed by atoms with Gasteiger partial charge in [0.1, 0.15) is 11.2 Å². The molecule has 0 N–H and O–H groups in total. The van der Waals surface area contributed by atoms with Gasteiger partial charge in [-0.2, -0.15) is 9.97 Å². The molecular formula is C57H34N6O. The van der Waals surface area contributed by atoms with E-state index in [-0.39, 0.29) is 0 Å². The summed E-state index contributed by atoms with van der Waals surface area (Å²) < 4.78 is 13.3. The van der Waals surface area contributed by atoms with E-state index in [1.807, 2.05) is 24.3 Å². The van der Waals surface area contributed by atoms with Crippen molar-refractivity contribution in [3.63, 3.8) is 0 Å². The van der Waals surface area contributed by atoms with Crippen LogP contribution in [0.4, 0.5) is 0 Å². The summed E-state index contributed by atoms with van der Waals surface area (Å²) in [5.74, 6) is 1.69. The van der Waals surface area contributed by atoms with Gasteiger partial charge in [0.2, 0.25) is 5.95 Å². The van der Waals surface area contributed by atoms with Gasteiger partial charge in [-0.3, -0.25) is 4.57 Å². The molecule has 5 aromatic heterocycles. The van der Waals surface area contributed by atoms with Gasteiger partial charge in [-0.15, -0.1) is 0 Å². The van der Waals surface area contributed by atoms with Gasteiger partial charge >= 0.3 is 0 Å². The highest BCUT2D eigenvalue weighted by Gasteiger charge is 2.21. The molecule has 0 atom stereocenters. The second kappa shape index (κ2) is 13.3. The number of fused-ring (bicyclic) bond motifs is 12. The second-order valence-corrected chi connectivity index (χ2v) is 16.4. The van der Waals surface area contributed by atoms with Gasteiger partial charge < -0.3 is 13.6 Å². The molecule has 0 saturated carbocycles. The Labute approximate surface area is 365 Å². The minimum absolute atomic E-state index is 0.548. The van der Waals surface area contributed by atoms with Gasteiger partial charge in [0.25, 0.3) is 0 Å². The SMILES string of the molecule is c1ccc(-n2c3ccccc3c3cc4c5ccccc5n(-c5ccc(-c6nc(-c7ccc8c(c7)oc7ccccc78)nc(-n7c8ccccc8c8ccccc87)n6)cc5)c4cc32)cc1.